The second-order valence-corrected chi connectivity index (χ2v) is 5.72. The van der Waals surface area contributed by atoms with Gasteiger partial charge < -0.3 is 11.1 Å². The smallest absolute Gasteiger partial charge is 0.249 e. The van der Waals surface area contributed by atoms with E-state index in [9.17, 15) is 4.79 Å². The van der Waals surface area contributed by atoms with E-state index >= 15 is 0 Å². The van der Waals surface area contributed by atoms with E-state index < -0.39 is 5.91 Å². The first-order valence-electron chi connectivity index (χ1n) is 8.09. The summed E-state index contributed by atoms with van der Waals surface area (Å²) in [5.74, 6) is -0.539. The van der Waals surface area contributed by atoms with Gasteiger partial charge in [-0.15, -0.1) is 0 Å². The highest BCUT2D eigenvalue weighted by molar-refractivity contribution is 6.06. The second-order valence-electron chi connectivity index (χ2n) is 5.72. The van der Waals surface area contributed by atoms with Gasteiger partial charge in [0.2, 0.25) is 5.91 Å². The predicted octanol–water partition coefficient (Wildman–Crippen LogP) is 3.24. The van der Waals surface area contributed by atoms with Crippen LogP contribution in [0.5, 0.6) is 0 Å². The first-order chi connectivity index (χ1) is 13.6. The molecule has 7 nitrogen and oxygen atoms in total. The van der Waals surface area contributed by atoms with Gasteiger partial charge in [-0.1, -0.05) is 30.3 Å². The third-order valence-electron chi connectivity index (χ3n) is 4.02. The fraction of sp³-hybridized carbons (Fsp3) is 0. The predicted molar refractivity (Wildman–Crippen MR) is 103 cm³/mol. The molecule has 132 valence electrons. The normalized spacial score (nSPS) is 9.61. The Bertz CT molecular complexity index is 1220. The summed E-state index contributed by atoms with van der Waals surface area (Å²) in [6, 6.07) is 20.9. The number of rotatable bonds is 4. The van der Waals surface area contributed by atoms with Crippen LogP contribution in [0.25, 0.3) is 22.2 Å². The monoisotopic (exact) mass is 364 g/mol. The number of hydrogen-bond donors (Lipinski definition) is 2. The van der Waals surface area contributed by atoms with Gasteiger partial charge in [-0.05, 0) is 24.3 Å². The van der Waals surface area contributed by atoms with E-state index in [1.54, 1.807) is 60.7 Å². The Morgan fingerprint density at radius 2 is 1.64 bits per heavy atom. The van der Waals surface area contributed by atoms with Gasteiger partial charge in [0.25, 0.3) is 0 Å². The number of amides is 1. The summed E-state index contributed by atoms with van der Waals surface area (Å²) >= 11 is 0. The number of fused-ring (bicyclic) bond motifs is 1. The fourth-order valence-corrected chi connectivity index (χ4v) is 2.68. The molecule has 0 unspecified atom stereocenters. The van der Waals surface area contributed by atoms with E-state index in [2.05, 4.69) is 10.3 Å². The number of primary amides is 1. The molecule has 3 N–H and O–H groups in total. The average Bonchev–Trinajstić information content (AvgIpc) is 2.73. The molecule has 0 aliphatic heterocycles. The number of nitrogens with one attached hydrogen (secondary N) is 1. The molecule has 3 rings (SSSR count). The highest BCUT2D eigenvalue weighted by atomic mass is 16.1. The number of carbonyl (C=O) groups excluding carboxylic acids is 1. The molecule has 0 fully saturated rings. The van der Waals surface area contributed by atoms with Crippen molar-refractivity contribution in [1.82, 2.24) is 4.98 Å². The number of hydrogen-bond acceptors (Lipinski definition) is 6. The number of allylic oxidation sites excluding steroid dienone is 2. The maximum absolute atomic E-state index is 11.8. The van der Waals surface area contributed by atoms with Crippen LogP contribution >= 0.6 is 0 Å². The fourth-order valence-electron chi connectivity index (χ4n) is 2.68. The number of anilines is 1. The van der Waals surface area contributed by atoms with Crippen LogP contribution in [0, 0.1) is 34.0 Å². The highest BCUT2D eigenvalue weighted by Gasteiger charge is 2.12. The maximum Gasteiger partial charge on any atom is 0.249 e. The van der Waals surface area contributed by atoms with Gasteiger partial charge in [0.05, 0.1) is 16.8 Å². The lowest BCUT2D eigenvalue weighted by molar-refractivity contribution is 0.100. The standard InChI is InChI=1S/C21H12N6O/c22-10-14(11-23)20(12-24)26-15-7-5-13(6-8-15)19-9-17(21(25)28)16-3-1-2-4-18(16)27-19/h1-9,26H,(H2,25,28). The molecule has 0 atom stereocenters. The molecule has 0 saturated carbocycles. The lowest BCUT2D eigenvalue weighted by Crippen LogP contribution is -2.12. The molecule has 1 heterocycles. The molecular formula is C21H12N6O. The SMILES string of the molecule is N#CC(C#N)=C(C#N)Nc1ccc(-c2cc(C(N)=O)c3ccccc3n2)cc1. The summed E-state index contributed by atoms with van der Waals surface area (Å²) in [6.07, 6.45) is 0. The molecule has 0 aliphatic carbocycles. The van der Waals surface area contributed by atoms with E-state index in [1.165, 1.54) is 0 Å². The largest absolute Gasteiger partial charge is 0.366 e. The van der Waals surface area contributed by atoms with Crippen LogP contribution in [-0.4, -0.2) is 10.9 Å². The summed E-state index contributed by atoms with van der Waals surface area (Å²) < 4.78 is 0. The van der Waals surface area contributed by atoms with Gasteiger partial charge >= 0.3 is 0 Å². The van der Waals surface area contributed by atoms with Gasteiger partial charge in [-0.25, -0.2) is 4.98 Å². The molecule has 0 spiro atoms. The second kappa shape index (κ2) is 7.70. The van der Waals surface area contributed by atoms with Gasteiger partial charge in [0.15, 0.2) is 5.57 Å². The Balaban J connectivity index is 2.00. The zero-order chi connectivity index (χ0) is 20.1. The van der Waals surface area contributed by atoms with Crippen molar-refractivity contribution >= 4 is 22.5 Å². The minimum Gasteiger partial charge on any atom is -0.366 e. The van der Waals surface area contributed by atoms with Crippen molar-refractivity contribution in [1.29, 1.82) is 15.8 Å². The van der Waals surface area contributed by atoms with E-state index in [-0.39, 0.29) is 11.3 Å². The molecule has 0 aliphatic rings. The van der Waals surface area contributed by atoms with Crippen molar-refractivity contribution in [3.8, 4) is 29.5 Å². The van der Waals surface area contributed by atoms with E-state index in [4.69, 9.17) is 21.5 Å². The van der Waals surface area contributed by atoms with E-state index in [0.717, 1.165) is 5.56 Å². The highest BCUT2D eigenvalue weighted by Crippen LogP contribution is 2.26. The summed E-state index contributed by atoms with van der Waals surface area (Å²) in [5.41, 5.74) is 7.96. The minimum absolute atomic E-state index is 0.127. The maximum atomic E-state index is 11.8. The van der Waals surface area contributed by atoms with Crippen molar-refractivity contribution in [2.24, 2.45) is 5.73 Å². The van der Waals surface area contributed by atoms with Crippen molar-refractivity contribution in [2.45, 2.75) is 0 Å². The Hall–Kier alpha value is -4.67. The molecule has 7 heteroatoms. The zero-order valence-electron chi connectivity index (χ0n) is 14.5. The van der Waals surface area contributed by atoms with Gasteiger partial charge in [0, 0.05) is 16.6 Å². The molecule has 1 aromatic heterocycles. The number of para-hydroxylation sites is 1. The Morgan fingerprint density at radius 3 is 2.25 bits per heavy atom. The number of pyridine rings is 1. The molecular weight excluding hydrogens is 352 g/mol. The van der Waals surface area contributed by atoms with Gasteiger partial charge in [-0.2, -0.15) is 15.8 Å². The molecule has 28 heavy (non-hydrogen) atoms. The number of nitrogens with two attached hydrogens (primary N) is 1. The lowest BCUT2D eigenvalue weighted by atomic mass is 10.0. The Kier molecular flexibility index (Phi) is 4.98. The first kappa shape index (κ1) is 18.1. The zero-order valence-corrected chi connectivity index (χ0v) is 14.5. The van der Waals surface area contributed by atoms with E-state index in [0.29, 0.717) is 27.8 Å². The van der Waals surface area contributed by atoms with Crippen LogP contribution in [0.15, 0.2) is 65.9 Å². The molecule has 0 saturated heterocycles. The molecule has 0 radical (unpaired) electrons. The number of nitrogens with zero attached hydrogens (tertiary/aromatic N) is 4. The lowest BCUT2D eigenvalue weighted by Gasteiger charge is -2.09. The van der Waals surface area contributed by atoms with Crippen LogP contribution < -0.4 is 11.1 Å². The molecule has 1 amide bonds. The Morgan fingerprint density at radius 1 is 0.964 bits per heavy atom. The quantitative estimate of drug-likeness (QED) is 0.681. The first-order valence-corrected chi connectivity index (χ1v) is 8.09. The molecule has 3 aromatic rings. The van der Waals surface area contributed by atoms with Crippen LogP contribution in [0.2, 0.25) is 0 Å². The third-order valence-corrected chi connectivity index (χ3v) is 4.02. The summed E-state index contributed by atoms with van der Waals surface area (Å²) in [4.78, 5) is 16.4. The van der Waals surface area contributed by atoms with Crippen molar-refractivity contribution < 1.29 is 4.79 Å². The third kappa shape index (κ3) is 3.48. The summed E-state index contributed by atoms with van der Waals surface area (Å²) in [6.45, 7) is 0. The molecule has 0 bridgehead atoms. The number of benzene rings is 2. The van der Waals surface area contributed by atoms with Crippen LogP contribution in [0.3, 0.4) is 0 Å². The number of aromatic nitrogens is 1. The van der Waals surface area contributed by atoms with Gasteiger partial charge in [-0.3, -0.25) is 4.79 Å². The van der Waals surface area contributed by atoms with Crippen molar-refractivity contribution in [3.63, 3.8) is 0 Å². The van der Waals surface area contributed by atoms with Crippen LogP contribution in [0.1, 0.15) is 10.4 Å². The number of carbonyl (C=O) groups is 1. The van der Waals surface area contributed by atoms with Crippen LogP contribution in [0.4, 0.5) is 5.69 Å². The summed E-state index contributed by atoms with van der Waals surface area (Å²) in [5, 5.41) is 30.3. The topological polar surface area (TPSA) is 139 Å². The number of nitriles is 3. The molecule has 2 aromatic carbocycles. The Labute approximate surface area is 160 Å². The van der Waals surface area contributed by atoms with Crippen molar-refractivity contribution in [3.05, 3.63) is 71.4 Å². The summed E-state index contributed by atoms with van der Waals surface area (Å²) in [7, 11) is 0. The van der Waals surface area contributed by atoms with Crippen molar-refractivity contribution in [2.75, 3.05) is 5.32 Å². The van der Waals surface area contributed by atoms with Crippen LogP contribution in [-0.2, 0) is 0 Å². The minimum atomic E-state index is -0.539. The average molecular weight is 364 g/mol. The van der Waals surface area contributed by atoms with E-state index in [1.807, 2.05) is 12.1 Å². The van der Waals surface area contributed by atoms with Gasteiger partial charge in [0.1, 0.15) is 23.9 Å².